The maximum atomic E-state index is 12.0. The van der Waals surface area contributed by atoms with Crippen LogP contribution in [0.2, 0.25) is 0 Å². The first-order chi connectivity index (χ1) is 9.94. The van der Waals surface area contributed by atoms with Gasteiger partial charge >= 0.3 is 6.09 Å². The zero-order valence-electron chi connectivity index (χ0n) is 11.9. The summed E-state index contributed by atoms with van der Waals surface area (Å²) in [5.74, 6) is 0.325. The Morgan fingerprint density at radius 2 is 2.14 bits per heavy atom. The second-order valence-corrected chi connectivity index (χ2v) is 5.62. The van der Waals surface area contributed by atoms with Crippen molar-refractivity contribution in [3.8, 4) is 5.75 Å². The summed E-state index contributed by atoms with van der Waals surface area (Å²) in [4.78, 5) is 11.4. The highest BCUT2D eigenvalue weighted by Crippen LogP contribution is 2.27. The van der Waals surface area contributed by atoms with Crippen LogP contribution >= 0.6 is 0 Å². The molecule has 1 amide bonds. The molecule has 0 fully saturated rings. The molecule has 116 valence electrons. The predicted molar refractivity (Wildman–Crippen MR) is 79.0 cm³/mol. The van der Waals surface area contributed by atoms with Gasteiger partial charge in [-0.1, -0.05) is 6.08 Å². The molecule has 7 nitrogen and oxygen atoms in total. The van der Waals surface area contributed by atoms with Gasteiger partial charge in [0.05, 0.1) is 24.3 Å². The number of carbonyl (C=O) groups is 1. The molecule has 0 spiro atoms. The van der Waals surface area contributed by atoms with Gasteiger partial charge in [0.2, 0.25) is 10.0 Å². The van der Waals surface area contributed by atoms with Crippen LogP contribution in [-0.2, 0) is 14.8 Å². The predicted octanol–water partition coefficient (Wildman–Crippen LogP) is 1.73. The number of anilines is 1. The van der Waals surface area contributed by atoms with Crippen LogP contribution in [0.5, 0.6) is 5.75 Å². The molecule has 0 saturated heterocycles. The summed E-state index contributed by atoms with van der Waals surface area (Å²) in [5, 5.41) is 2.43. The summed E-state index contributed by atoms with van der Waals surface area (Å²) in [6, 6.07) is 4.12. The molecule has 0 aliphatic carbocycles. The third-order valence-corrected chi connectivity index (χ3v) is 3.83. The normalized spacial score (nSPS) is 10.8. The standard InChI is InChI=1S/C13H18N2O5S/c1-4-8-14-21(17,18)10-6-7-12(19-3)11(9-10)15-13(16)20-5-2/h4,6-7,9,14H,1,5,8H2,2-3H3,(H,15,16). The van der Waals surface area contributed by atoms with Crippen molar-refractivity contribution < 1.29 is 22.7 Å². The Hall–Kier alpha value is -2.06. The molecular formula is C13H18N2O5S. The Morgan fingerprint density at radius 3 is 2.71 bits per heavy atom. The largest absolute Gasteiger partial charge is 0.495 e. The van der Waals surface area contributed by atoms with Crippen molar-refractivity contribution in [2.75, 3.05) is 25.6 Å². The lowest BCUT2D eigenvalue weighted by molar-refractivity contribution is 0.168. The lowest BCUT2D eigenvalue weighted by Crippen LogP contribution is -2.24. The Kier molecular flexibility index (Phi) is 6.19. The zero-order valence-corrected chi connectivity index (χ0v) is 12.7. The maximum absolute atomic E-state index is 12.0. The number of carbonyl (C=O) groups excluding carboxylic acids is 1. The van der Waals surface area contributed by atoms with Crippen molar-refractivity contribution in [1.29, 1.82) is 0 Å². The number of rotatable bonds is 7. The number of hydrogen-bond donors (Lipinski definition) is 2. The fourth-order valence-electron chi connectivity index (χ4n) is 1.48. The van der Waals surface area contributed by atoms with E-state index >= 15 is 0 Å². The minimum absolute atomic E-state index is 0.00283. The molecule has 0 aliphatic rings. The smallest absolute Gasteiger partial charge is 0.411 e. The first-order valence-corrected chi connectivity index (χ1v) is 7.65. The van der Waals surface area contributed by atoms with Crippen LogP contribution in [0.15, 0.2) is 35.7 Å². The van der Waals surface area contributed by atoms with Crippen molar-refractivity contribution in [3.63, 3.8) is 0 Å². The van der Waals surface area contributed by atoms with E-state index in [0.717, 1.165) is 0 Å². The molecule has 2 N–H and O–H groups in total. The van der Waals surface area contributed by atoms with Crippen LogP contribution in [0, 0.1) is 0 Å². The first kappa shape index (κ1) is 17.0. The van der Waals surface area contributed by atoms with Gasteiger partial charge in [0.15, 0.2) is 0 Å². The van der Waals surface area contributed by atoms with Crippen LogP contribution in [0.25, 0.3) is 0 Å². The second-order valence-electron chi connectivity index (χ2n) is 3.85. The van der Waals surface area contributed by atoms with E-state index in [1.54, 1.807) is 6.92 Å². The van der Waals surface area contributed by atoms with Gasteiger partial charge in [0, 0.05) is 6.54 Å². The van der Waals surface area contributed by atoms with Gasteiger partial charge in [0.1, 0.15) is 5.75 Å². The van der Waals surface area contributed by atoms with E-state index in [1.807, 2.05) is 0 Å². The molecule has 21 heavy (non-hydrogen) atoms. The van der Waals surface area contributed by atoms with E-state index in [2.05, 4.69) is 16.6 Å². The molecule has 0 saturated carbocycles. The summed E-state index contributed by atoms with van der Waals surface area (Å²) in [5.41, 5.74) is 0.206. The molecule has 0 heterocycles. The Bertz CT molecular complexity index is 613. The Balaban J connectivity index is 3.09. The first-order valence-electron chi connectivity index (χ1n) is 6.17. The van der Waals surface area contributed by atoms with E-state index < -0.39 is 16.1 Å². The van der Waals surface area contributed by atoms with Crippen LogP contribution < -0.4 is 14.8 Å². The van der Waals surface area contributed by atoms with Crippen LogP contribution in [0.3, 0.4) is 0 Å². The van der Waals surface area contributed by atoms with Crippen molar-refractivity contribution in [2.45, 2.75) is 11.8 Å². The number of benzene rings is 1. The number of amides is 1. The van der Waals surface area contributed by atoms with Crippen LogP contribution in [0.4, 0.5) is 10.5 Å². The number of ether oxygens (including phenoxy) is 2. The van der Waals surface area contributed by atoms with E-state index in [4.69, 9.17) is 9.47 Å². The Labute approximate surface area is 124 Å². The number of sulfonamides is 1. The lowest BCUT2D eigenvalue weighted by atomic mass is 10.3. The molecule has 0 unspecified atom stereocenters. The zero-order chi connectivity index (χ0) is 15.9. The lowest BCUT2D eigenvalue weighted by Gasteiger charge is -2.12. The topological polar surface area (TPSA) is 93.7 Å². The number of hydrogen-bond acceptors (Lipinski definition) is 5. The fraction of sp³-hybridized carbons (Fsp3) is 0.308. The minimum atomic E-state index is -3.69. The van der Waals surface area contributed by atoms with Crippen molar-refractivity contribution in [2.24, 2.45) is 0 Å². The van der Waals surface area contributed by atoms with Gasteiger partial charge in [-0.05, 0) is 25.1 Å². The second kappa shape index (κ2) is 7.65. The molecule has 0 aromatic heterocycles. The molecule has 0 radical (unpaired) electrons. The number of methoxy groups -OCH3 is 1. The van der Waals surface area contributed by atoms with Gasteiger partial charge in [-0.3, -0.25) is 5.32 Å². The average molecular weight is 314 g/mol. The molecule has 0 bridgehead atoms. The van der Waals surface area contributed by atoms with Crippen molar-refractivity contribution >= 4 is 21.8 Å². The Morgan fingerprint density at radius 1 is 1.43 bits per heavy atom. The third kappa shape index (κ3) is 4.76. The van der Waals surface area contributed by atoms with E-state index in [1.165, 1.54) is 31.4 Å². The summed E-state index contributed by atoms with van der Waals surface area (Å²) in [6.45, 7) is 5.41. The minimum Gasteiger partial charge on any atom is -0.495 e. The van der Waals surface area contributed by atoms with E-state index in [0.29, 0.717) is 5.75 Å². The molecule has 1 rings (SSSR count). The third-order valence-electron chi connectivity index (χ3n) is 2.41. The van der Waals surface area contributed by atoms with Crippen LogP contribution in [-0.4, -0.2) is 34.8 Å². The molecule has 1 aromatic carbocycles. The summed E-state index contributed by atoms with van der Waals surface area (Å²) in [6.07, 6.45) is 0.739. The summed E-state index contributed by atoms with van der Waals surface area (Å²) >= 11 is 0. The quantitative estimate of drug-likeness (QED) is 0.748. The van der Waals surface area contributed by atoms with Crippen LogP contribution in [0.1, 0.15) is 6.92 Å². The fourth-order valence-corrected chi connectivity index (χ4v) is 2.51. The SMILES string of the molecule is C=CCNS(=O)(=O)c1ccc(OC)c(NC(=O)OCC)c1. The highest BCUT2D eigenvalue weighted by molar-refractivity contribution is 7.89. The van der Waals surface area contributed by atoms with Gasteiger partial charge in [-0.2, -0.15) is 0 Å². The molecule has 1 aromatic rings. The van der Waals surface area contributed by atoms with Gasteiger partial charge in [0.25, 0.3) is 0 Å². The number of nitrogens with one attached hydrogen (secondary N) is 2. The molecule has 0 aliphatic heterocycles. The monoisotopic (exact) mass is 314 g/mol. The van der Waals surface area contributed by atoms with E-state index in [9.17, 15) is 13.2 Å². The average Bonchev–Trinajstić information content (AvgIpc) is 2.45. The van der Waals surface area contributed by atoms with Gasteiger partial charge in [-0.15, -0.1) is 6.58 Å². The highest BCUT2D eigenvalue weighted by Gasteiger charge is 2.17. The molecule has 8 heteroatoms. The molecular weight excluding hydrogens is 296 g/mol. The maximum Gasteiger partial charge on any atom is 0.411 e. The van der Waals surface area contributed by atoms with E-state index in [-0.39, 0.29) is 23.7 Å². The van der Waals surface area contributed by atoms with Gasteiger partial charge in [-0.25, -0.2) is 17.9 Å². The van der Waals surface area contributed by atoms with Crippen molar-refractivity contribution in [3.05, 3.63) is 30.9 Å². The van der Waals surface area contributed by atoms with Gasteiger partial charge < -0.3 is 9.47 Å². The molecule has 0 atom stereocenters. The highest BCUT2D eigenvalue weighted by atomic mass is 32.2. The summed E-state index contributed by atoms with van der Waals surface area (Å²) < 4.78 is 36.2. The van der Waals surface area contributed by atoms with Crippen molar-refractivity contribution in [1.82, 2.24) is 4.72 Å². The summed E-state index contributed by atoms with van der Waals surface area (Å²) in [7, 11) is -2.27.